The third-order valence-corrected chi connectivity index (χ3v) is 3.29. The van der Waals surface area contributed by atoms with E-state index in [9.17, 15) is 9.59 Å². The number of benzene rings is 2. The van der Waals surface area contributed by atoms with Crippen LogP contribution in [0, 0.1) is 0 Å². The maximum absolute atomic E-state index is 11.8. The number of hydrogen-bond acceptors (Lipinski definition) is 4. The Hall–Kier alpha value is -3.15. The lowest BCUT2D eigenvalue weighted by atomic mass is 10.1. The first-order valence-electron chi connectivity index (χ1n) is 7.58. The highest BCUT2D eigenvalue weighted by atomic mass is 16.2. The van der Waals surface area contributed by atoms with Gasteiger partial charge >= 0.3 is 0 Å². The zero-order chi connectivity index (χ0) is 17.4. The second kappa shape index (κ2) is 8.47. The number of anilines is 2. The molecular formula is C18H20N4O2. The Bertz CT molecular complexity index is 742. The molecule has 0 saturated heterocycles. The minimum Gasteiger partial charge on any atom is -0.399 e. The van der Waals surface area contributed by atoms with Gasteiger partial charge in [-0.25, -0.2) is 5.43 Å². The molecule has 0 radical (unpaired) electrons. The highest BCUT2D eigenvalue weighted by molar-refractivity contribution is 6.00. The summed E-state index contributed by atoms with van der Waals surface area (Å²) < 4.78 is 0. The van der Waals surface area contributed by atoms with Crippen molar-refractivity contribution in [3.8, 4) is 0 Å². The molecule has 0 aliphatic heterocycles. The smallest absolute Gasteiger partial charge is 0.240 e. The molecule has 0 unspecified atom stereocenters. The van der Waals surface area contributed by atoms with Gasteiger partial charge in [-0.05, 0) is 36.8 Å². The molecule has 2 aromatic rings. The molecule has 0 spiro atoms. The number of rotatable bonds is 6. The molecule has 0 aromatic heterocycles. The van der Waals surface area contributed by atoms with Gasteiger partial charge in [-0.3, -0.25) is 9.59 Å². The van der Waals surface area contributed by atoms with E-state index in [-0.39, 0.29) is 24.7 Å². The first-order chi connectivity index (χ1) is 11.5. The first kappa shape index (κ1) is 17.2. The van der Waals surface area contributed by atoms with E-state index in [4.69, 9.17) is 5.73 Å². The number of nitrogens with zero attached hydrogens (tertiary/aromatic N) is 1. The Labute approximate surface area is 140 Å². The van der Waals surface area contributed by atoms with Crippen molar-refractivity contribution in [3.05, 3.63) is 60.2 Å². The Morgan fingerprint density at radius 3 is 2.42 bits per heavy atom. The molecule has 0 atom stereocenters. The van der Waals surface area contributed by atoms with Gasteiger partial charge in [-0.1, -0.05) is 30.3 Å². The van der Waals surface area contributed by atoms with Crippen molar-refractivity contribution in [1.29, 1.82) is 0 Å². The number of carbonyl (C=O) groups excluding carboxylic acids is 2. The van der Waals surface area contributed by atoms with E-state index in [0.29, 0.717) is 17.1 Å². The third-order valence-electron chi connectivity index (χ3n) is 3.29. The lowest BCUT2D eigenvalue weighted by Gasteiger charge is -2.05. The Kier molecular flexibility index (Phi) is 6.08. The molecule has 6 nitrogen and oxygen atoms in total. The molecule has 4 N–H and O–H groups in total. The quantitative estimate of drug-likeness (QED) is 0.433. The Morgan fingerprint density at radius 1 is 1.00 bits per heavy atom. The van der Waals surface area contributed by atoms with Gasteiger partial charge in [-0.15, -0.1) is 0 Å². The van der Waals surface area contributed by atoms with Gasteiger partial charge in [0.15, 0.2) is 0 Å². The maximum Gasteiger partial charge on any atom is 0.240 e. The fourth-order valence-corrected chi connectivity index (χ4v) is 2.00. The van der Waals surface area contributed by atoms with Crippen LogP contribution < -0.4 is 16.5 Å². The van der Waals surface area contributed by atoms with Gasteiger partial charge in [0.2, 0.25) is 11.8 Å². The minimum absolute atomic E-state index is 0.0619. The summed E-state index contributed by atoms with van der Waals surface area (Å²) in [5, 5.41) is 6.75. The Balaban J connectivity index is 1.78. The highest BCUT2D eigenvalue weighted by Gasteiger charge is 2.07. The summed E-state index contributed by atoms with van der Waals surface area (Å²) in [6, 6.07) is 16.3. The molecule has 2 rings (SSSR count). The predicted molar refractivity (Wildman–Crippen MR) is 95.5 cm³/mol. The number of hydrazone groups is 1. The van der Waals surface area contributed by atoms with Crippen LogP contribution in [0.15, 0.2) is 59.7 Å². The van der Waals surface area contributed by atoms with Crippen LogP contribution in [0.4, 0.5) is 11.4 Å². The summed E-state index contributed by atoms with van der Waals surface area (Å²) in [6.45, 7) is 1.77. The van der Waals surface area contributed by atoms with Crippen LogP contribution in [0.2, 0.25) is 0 Å². The van der Waals surface area contributed by atoms with Crippen molar-refractivity contribution >= 4 is 28.9 Å². The topological polar surface area (TPSA) is 96.6 Å². The van der Waals surface area contributed by atoms with Crippen LogP contribution in [0.25, 0.3) is 0 Å². The summed E-state index contributed by atoms with van der Waals surface area (Å²) in [5.74, 6) is -0.533. The van der Waals surface area contributed by atoms with E-state index in [1.54, 1.807) is 31.2 Å². The summed E-state index contributed by atoms with van der Waals surface area (Å²) in [6.07, 6.45) is 0.153. The molecule has 6 heteroatoms. The fourth-order valence-electron chi connectivity index (χ4n) is 2.00. The summed E-state index contributed by atoms with van der Waals surface area (Å²) in [4.78, 5) is 23.6. The molecule has 0 fully saturated rings. The molecule has 2 amide bonds. The van der Waals surface area contributed by atoms with Crippen molar-refractivity contribution < 1.29 is 9.59 Å². The maximum atomic E-state index is 11.8. The second-order valence-electron chi connectivity index (χ2n) is 5.27. The summed E-state index contributed by atoms with van der Waals surface area (Å²) in [5.41, 5.74) is 11.0. The van der Waals surface area contributed by atoms with E-state index in [1.807, 2.05) is 30.3 Å². The van der Waals surface area contributed by atoms with Crippen molar-refractivity contribution in [2.45, 2.75) is 19.8 Å². The average molecular weight is 324 g/mol. The van der Waals surface area contributed by atoms with Crippen molar-refractivity contribution in [3.63, 3.8) is 0 Å². The molecule has 0 heterocycles. The van der Waals surface area contributed by atoms with Crippen LogP contribution in [0.1, 0.15) is 25.3 Å². The molecule has 124 valence electrons. The third kappa shape index (κ3) is 5.57. The number of hydrogen-bond donors (Lipinski definition) is 3. The monoisotopic (exact) mass is 324 g/mol. The Morgan fingerprint density at radius 2 is 1.71 bits per heavy atom. The number of carbonyl (C=O) groups is 2. The zero-order valence-corrected chi connectivity index (χ0v) is 13.5. The molecular weight excluding hydrogens is 304 g/mol. The van der Waals surface area contributed by atoms with Crippen LogP contribution >= 0.6 is 0 Å². The average Bonchev–Trinajstić information content (AvgIpc) is 2.58. The number of amides is 2. The number of nitrogen functional groups attached to an aromatic ring is 1. The number of nitrogens with one attached hydrogen (secondary N) is 2. The normalized spacial score (nSPS) is 11.0. The van der Waals surface area contributed by atoms with E-state index in [0.717, 1.165) is 5.56 Å². The van der Waals surface area contributed by atoms with Crippen LogP contribution in [0.3, 0.4) is 0 Å². The lowest BCUT2D eigenvalue weighted by molar-refractivity contribution is -0.124. The second-order valence-corrected chi connectivity index (χ2v) is 5.27. The molecule has 0 aliphatic rings. The predicted octanol–water partition coefficient (Wildman–Crippen LogP) is 2.53. The molecule has 0 aliphatic carbocycles. The van der Waals surface area contributed by atoms with Crippen LogP contribution in [0.5, 0.6) is 0 Å². The van der Waals surface area contributed by atoms with E-state index < -0.39 is 0 Å². The van der Waals surface area contributed by atoms with Gasteiger partial charge in [0.05, 0.1) is 5.71 Å². The number of nitrogens with two attached hydrogens (primary N) is 1. The first-order valence-corrected chi connectivity index (χ1v) is 7.58. The van der Waals surface area contributed by atoms with Gasteiger partial charge in [-0.2, -0.15) is 5.10 Å². The fraction of sp³-hybridized carbons (Fsp3) is 0.167. The van der Waals surface area contributed by atoms with Gasteiger partial charge in [0.1, 0.15) is 0 Å². The molecule has 0 saturated carbocycles. The molecule has 24 heavy (non-hydrogen) atoms. The van der Waals surface area contributed by atoms with E-state index in [1.165, 1.54) is 0 Å². The molecule has 2 aromatic carbocycles. The highest BCUT2D eigenvalue weighted by Crippen LogP contribution is 2.08. The van der Waals surface area contributed by atoms with Gasteiger partial charge in [0, 0.05) is 24.2 Å². The van der Waals surface area contributed by atoms with Gasteiger partial charge in [0.25, 0.3) is 0 Å². The zero-order valence-electron chi connectivity index (χ0n) is 13.5. The van der Waals surface area contributed by atoms with Crippen molar-refractivity contribution in [2.75, 3.05) is 11.1 Å². The standard InChI is InChI=1S/C18H20N4O2/c1-13(14-6-5-7-15(19)12-14)21-22-18(24)11-10-17(23)20-16-8-3-2-4-9-16/h2-9,12H,10-11,19H2,1H3,(H,20,23)(H,22,24)/b21-13+. The SMILES string of the molecule is C/C(=N\NC(=O)CCC(=O)Nc1ccccc1)c1cccc(N)c1. The van der Waals surface area contributed by atoms with E-state index >= 15 is 0 Å². The summed E-state index contributed by atoms with van der Waals surface area (Å²) in [7, 11) is 0. The van der Waals surface area contributed by atoms with Crippen molar-refractivity contribution in [1.82, 2.24) is 5.43 Å². The lowest BCUT2D eigenvalue weighted by Crippen LogP contribution is -2.21. The van der Waals surface area contributed by atoms with Crippen LogP contribution in [-0.4, -0.2) is 17.5 Å². The largest absolute Gasteiger partial charge is 0.399 e. The van der Waals surface area contributed by atoms with Gasteiger partial charge < -0.3 is 11.1 Å². The molecule has 0 bridgehead atoms. The minimum atomic E-state index is -0.318. The number of para-hydroxylation sites is 1. The van der Waals surface area contributed by atoms with Crippen molar-refractivity contribution in [2.24, 2.45) is 5.10 Å². The van der Waals surface area contributed by atoms with Crippen LogP contribution in [-0.2, 0) is 9.59 Å². The van der Waals surface area contributed by atoms with E-state index in [2.05, 4.69) is 15.8 Å². The summed E-state index contributed by atoms with van der Waals surface area (Å²) >= 11 is 0.